The quantitative estimate of drug-likeness (QED) is 0.601. The number of β-amino-alcohol motifs (C(OH)–C–C–N with tert-alkyl or cyclic N) is 1. The van der Waals surface area contributed by atoms with E-state index in [2.05, 4.69) is 10.3 Å². The van der Waals surface area contributed by atoms with Crippen LogP contribution in [0, 0.1) is 12.7 Å². The molecule has 2 N–H and O–H groups in total. The molecule has 8 heteroatoms. The Kier molecular flexibility index (Phi) is 6.62. The van der Waals surface area contributed by atoms with Crippen molar-refractivity contribution in [2.24, 2.45) is 0 Å². The van der Waals surface area contributed by atoms with Gasteiger partial charge in [0.05, 0.1) is 24.8 Å². The van der Waals surface area contributed by atoms with E-state index in [0.29, 0.717) is 0 Å². The number of aliphatic hydroxyl groups is 1. The topological polar surface area (TPSA) is 82.5 Å². The van der Waals surface area contributed by atoms with Crippen LogP contribution in [0.25, 0.3) is 10.6 Å². The van der Waals surface area contributed by atoms with E-state index in [1.165, 1.54) is 22.3 Å². The molecule has 1 fully saturated rings. The number of carbonyl (C=O) groups is 2. The summed E-state index contributed by atoms with van der Waals surface area (Å²) < 4.78 is 13.9. The van der Waals surface area contributed by atoms with Crippen LogP contribution in [0.3, 0.4) is 0 Å². The first-order valence-electron chi connectivity index (χ1n) is 10.4. The van der Waals surface area contributed by atoms with E-state index in [1.54, 1.807) is 18.2 Å². The van der Waals surface area contributed by atoms with Crippen molar-refractivity contribution < 1.29 is 19.1 Å². The van der Waals surface area contributed by atoms with Gasteiger partial charge >= 0.3 is 0 Å². The smallest absolute Gasteiger partial charge is 0.243 e. The number of nitrogens with zero attached hydrogens (tertiary/aromatic N) is 2. The van der Waals surface area contributed by atoms with Crippen LogP contribution >= 0.6 is 11.3 Å². The number of rotatable bonds is 6. The first kappa shape index (κ1) is 22.1. The summed E-state index contributed by atoms with van der Waals surface area (Å²) in [5.74, 6) is -1.18. The van der Waals surface area contributed by atoms with Crippen LogP contribution in [0.5, 0.6) is 0 Å². The van der Waals surface area contributed by atoms with E-state index in [-0.39, 0.29) is 43.3 Å². The molecule has 2 heterocycles. The summed E-state index contributed by atoms with van der Waals surface area (Å²) in [6.07, 6.45) is -0.784. The number of aromatic nitrogens is 1. The molecule has 0 aliphatic carbocycles. The second kappa shape index (κ2) is 9.58. The number of thiazole rings is 1. The zero-order chi connectivity index (χ0) is 22.7. The first-order chi connectivity index (χ1) is 15.4. The molecule has 1 aliphatic rings. The molecule has 2 unspecified atom stereocenters. The molecule has 0 bridgehead atoms. The fourth-order valence-electron chi connectivity index (χ4n) is 3.83. The Balaban J connectivity index is 1.41. The van der Waals surface area contributed by atoms with Gasteiger partial charge in [-0.3, -0.25) is 9.59 Å². The Morgan fingerprint density at radius 2 is 1.91 bits per heavy atom. The molecule has 4 rings (SSSR count). The fraction of sp³-hybridized carbons (Fsp3) is 0.292. The van der Waals surface area contributed by atoms with E-state index in [1.807, 2.05) is 37.3 Å². The van der Waals surface area contributed by atoms with Crippen LogP contribution < -0.4 is 5.32 Å². The van der Waals surface area contributed by atoms with Crippen LogP contribution in [-0.2, 0) is 22.6 Å². The Hall–Kier alpha value is -3.10. The second-order valence-electron chi connectivity index (χ2n) is 7.83. The van der Waals surface area contributed by atoms with Crippen molar-refractivity contribution in [1.29, 1.82) is 0 Å². The number of nitrogens with one attached hydrogen (secondary N) is 1. The summed E-state index contributed by atoms with van der Waals surface area (Å²) in [5.41, 5.74) is 2.13. The minimum atomic E-state index is -0.787. The number of hydrogen-bond donors (Lipinski definition) is 2. The van der Waals surface area contributed by atoms with Gasteiger partial charge in [-0.15, -0.1) is 11.3 Å². The molecule has 6 nitrogen and oxygen atoms in total. The number of carbonyl (C=O) groups excluding carboxylic acids is 2. The molecule has 2 amide bonds. The van der Waals surface area contributed by atoms with Crippen LogP contribution in [0.2, 0.25) is 0 Å². The second-order valence-corrected chi connectivity index (χ2v) is 8.91. The lowest BCUT2D eigenvalue weighted by molar-refractivity contribution is -0.138. The minimum absolute atomic E-state index is 0.0586. The number of halogens is 1. The summed E-state index contributed by atoms with van der Waals surface area (Å²) in [7, 11) is 0. The monoisotopic (exact) mass is 453 g/mol. The Morgan fingerprint density at radius 1 is 1.19 bits per heavy atom. The molecule has 2 atom stereocenters. The predicted octanol–water partition coefficient (Wildman–Crippen LogP) is 3.08. The number of hydrogen-bond acceptors (Lipinski definition) is 5. The van der Waals surface area contributed by atoms with Gasteiger partial charge in [-0.25, -0.2) is 9.37 Å². The van der Waals surface area contributed by atoms with Crippen molar-refractivity contribution >= 4 is 23.2 Å². The van der Waals surface area contributed by atoms with E-state index >= 15 is 0 Å². The summed E-state index contributed by atoms with van der Waals surface area (Å²) >= 11 is 1.51. The third kappa shape index (κ3) is 4.87. The van der Waals surface area contributed by atoms with Crippen molar-refractivity contribution in [2.75, 3.05) is 6.54 Å². The third-order valence-electron chi connectivity index (χ3n) is 5.54. The molecule has 0 spiro atoms. The highest BCUT2D eigenvalue weighted by atomic mass is 32.1. The number of amides is 2. The van der Waals surface area contributed by atoms with Gasteiger partial charge in [0.1, 0.15) is 16.9 Å². The van der Waals surface area contributed by atoms with E-state index in [0.717, 1.165) is 21.1 Å². The maximum atomic E-state index is 13.9. The third-order valence-corrected chi connectivity index (χ3v) is 6.74. The molecule has 1 aromatic heterocycles. The van der Waals surface area contributed by atoms with Gasteiger partial charge in [0, 0.05) is 23.4 Å². The van der Waals surface area contributed by atoms with E-state index in [4.69, 9.17) is 0 Å². The number of aliphatic hydroxyl groups excluding tert-OH is 1. The Bertz CT molecular complexity index is 1120. The van der Waals surface area contributed by atoms with Crippen molar-refractivity contribution in [3.63, 3.8) is 0 Å². The molecule has 0 saturated carbocycles. The zero-order valence-corrected chi connectivity index (χ0v) is 18.4. The van der Waals surface area contributed by atoms with Crippen LogP contribution in [0.4, 0.5) is 4.39 Å². The number of likely N-dealkylation sites (tertiary alicyclic amines) is 1. The average molecular weight is 454 g/mol. The molecular formula is C24H24FN3O3S. The van der Waals surface area contributed by atoms with Crippen LogP contribution in [-0.4, -0.2) is 45.5 Å². The molecule has 3 aromatic rings. The van der Waals surface area contributed by atoms with Gasteiger partial charge in [-0.1, -0.05) is 48.5 Å². The van der Waals surface area contributed by atoms with Crippen molar-refractivity contribution in [1.82, 2.24) is 15.2 Å². The highest BCUT2D eigenvalue weighted by molar-refractivity contribution is 7.15. The van der Waals surface area contributed by atoms with Gasteiger partial charge in [-0.2, -0.15) is 0 Å². The maximum Gasteiger partial charge on any atom is 0.243 e. The fourth-order valence-corrected chi connectivity index (χ4v) is 4.83. The zero-order valence-electron chi connectivity index (χ0n) is 17.6. The normalized spacial score (nSPS) is 18.0. The molecule has 166 valence electrons. The summed E-state index contributed by atoms with van der Waals surface area (Å²) in [4.78, 5) is 32.5. The molecule has 1 saturated heterocycles. The summed E-state index contributed by atoms with van der Waals surface area (Å²) in [6.45, 7) is 2.24. The van der Waals surface area contributed by atoms with Gasteiger partial charge in [0.15, 0.2) is 0 Å². The lowest BCUT2D eigenvalue weighted by Gasteiger charge is -2.23. The van der Waals surface area contributed by atoms with E-state index < -0.39 is 18.0 Å². The largest absolute Gasteiger partial charge is 0.391 e. The lowest BCUT2D eigenvalue weighted by Crippen LogP contribution is -2.46. The van der Waals surface area contributed by atoms with Crippen molar-refractivity contribution in [3.05, 3.63) is 76.5 Å². The Morgan fingerprint density at radius 3 is 2.66 bits per heavy atom. The molecule has 2 aromatic carbocycles. The Labute approximate surface area is 189 Å². The standard InChI is InChI=1S/C24H24FN3O3S/c1-15-21(32-24(27-15)16-7-3-2-4-8-16)13-26-23(31)20-12-18(29)14-28(20)22(30)11-17-9-5-6-10-19(17)25/h2-10,18,20,29H,11-14H2,1H3,(H,26,31). The summed E-state index contributed by atoms with van der Waals surface area (Å²) in [5, 5.41) is 13.9. The molecule has 0 radical (unpaired) electrons. The SMILES string of the molecule is Cc1nc(-c2ccccc2)sc1CNC(=O)C1CC(O)CN1C(=O)Cc1ccccc1F. The average Bonchev–Trinajstić information content (AvgIpc) is 3.37. The highest BCUT2D eigenvalue weighted by Gasteiger charge is 2.38. The van der Waals surface area contributed by atoms with Gasteiger partial charge in [-0.05, 0) is 18.6 Å². The summed E-state index contributed by atoms with van der Waals surface area (Å²) in [6, 6.07) is 15.1. The lowest BCUT2D eigenvalue weighted by atomic mass is 10.1. The van der Waals surface area contributed by atoms with Gasteiger partial charge in [0.2, 0.25) is 11.8 Å². The maximum absolute atomic E-state index is 13.9. The van der Waals surface area contributed by atoms with Gasteiger partial charge < -0.3 is 15.3 Å². The van der Waals surface area contributed by atoms with Gasteiger partial charge in [0.25, 0.3) is 0 Å². The van der Waals surface area contributed by atoms with Crippen molar-refractivity contribution in [3.8, 4) is 10.6 Å². The molecule has 1 aliphatic heterocycles. The molecule has 32 heavy (non-hydrogen) atoms. The first-order valence-corrected chi connectivity index (χ1v) is 11.2. The predicted molar refractivity (Wildman–Crippen MR) is 120 cm³/mol. The van der Waals surface area contributed by atoms with E-state index in [9.17, 15) is 19.1 Å². The number of aryl methyl sites for hydroxylation is 1. The van der Waals surface area contributed by atoms with Crippen LogP contribution in [0.15, 0.2) is 54.6 Å². The minimum Gasteiger partial charge on any atom is -0.391 e. The highest BCUT2D eigenvalue weighted by Crippen LogP contribution is 2.28. The number of benzene rings is 2. The molecular weight excluding hydrogens is 429 g/mol. The van der Waals surface area contributed by atoms with Crippen LogP contribution in [0.1, 0.15) is 22.6 Å². The van der Waals surface area contributed by atoms with Crippen molar-refractivity contribution in [2.45, 2.75) is 38.5 Å².